The Morgan fingerprint density at radius 2 is 1.61 bits per heavy atom. The van der Waals surface area contributed by atoms with Gasteiger partial charge in [0.1, 0.15) is 5.75 Å². The average molecular weight is 319 g/mol. The zero-order valence-electron chi connectivity index (χ0n) is 13.6. The first-order valence-corrected chi connectivity index (χ1v) is 8.83. The van der Waals surface area contributed by atoms with E-state index in [2.05, 4.69) is 39.4 Å². The number of likely N-dealkylation sites (tertiary alicyclic amines) is 1. The number of piperazine rings is 1. The van der Waals surface area contributed by atoms with E-state index in [1.165, 1.54) is 44.6 Å². The summed E-state index contributed by atoms with van der Waals surface area (Å²) in [6.07, 6.45) is 5.27. The summed E-state index contributed by atoms with van der Waals surface area (Å²) in [5.41, 5.74) is 1.31. The number of anilines is 1. The molecule has 1 aromatic carbocycles. The van der Waals surface area contributed by atoms with Gasteiger partial charge in [-0.15, -0.1) is 0 Å². The van der Waals surface area contributed by atoms with Gasteiger partial charge in [-0.25, -0.2) is 0 Å². The van der Waals surface area contributed by atoms with E-state index in [9.17, 15) is 0 Å². The normalized spacial score (nSPS) is 19.2. The molecule has 0 aliphatic carbocycles. The van der Waals surface area contributed by atoms with E-state index < -0.39 is 0 Å². The summed E-state index contributed by atoms with van der Waals surface area (Å²) in [6, 6.07) is 8.59. The summed E-state index contributed by atoms with van der Waals surface area (Å²) in [7, 11) is 0. The van der Waals surface area contributed by atoms with Crippen molar-refractivity contribution in [1.29, 1.82) is 0 Å². The van der Waals surface area contributed by atoms with Gasteiger partial charge in [0.05, 0.1) is 6.61 Å². The Morgan fingerprint density at radius 3 is 2.30 bits per heavy atom. The quantitative estimate of drug-likeness (QED) is 0.816. The number of ether oxygens (including phenoxy) is 1. The molecule has 2 aliphatic heterocycles. The maximum Gasteiger partial charge on any atom is 0.119 e. The van der Waals surface area contributed by atoms with Crippen molar-refractivity contribution in [3.05, 3.63) is 24.3 Å². The van der Waals surface area contributed by atoms with Crippen molar-refractivity contribution in [2.75, 3.05) is 57.3 Å². The summed E-state index contributed by atoms with van der Waals surface area (Å²) in [4.78, 5) is 5.00. The highest BCUT2D eigenvalue weighted by Gasteiger charge is 2.11. The molecule has 2 saturated heterocycles. The molecule has 2 fully saturated rings. The third-order valence-corrected chi connectivity index (χ3v) is 4.65. The highest BCUT2D eigenvalue weighted by Crippen LogP contribution is 2.20. The van der Waals surface area contributed by atoms with Gasteiger partial charge in [0, 0.05) is 38.4 Å². The second kappa shape index (κ2) is 9.78. The molecule has 0 unspecified atom stereocenters. The van der Waals surface area contributed by atoms with Crippen LogP contribution in [0.4, 0.5) is 5.69 Å². The number of hydrogen-bond donors (Lipinski definition) is 1. The van der Waals surface area contributed by atoms with Crippen LogP contribution >= 0.6 is 0 Å². The third-order valence-electron chi connectivity index (χ3n) is 4.65. The van der Waals surface area contributed by atoms with Crippen LogP contribution in [0.5, 0.6) is 5.75 Å². The molecule has 1 aromatic rings. The van der Waals surface area contributed by atoms with E-state index >= 15 is 0 Å². The molecule has 23 heavy (non-hydrogen) atoms. The molecule has 2 aliphatic rings. The molecule has 0 radical (unpaired) electrons. The summed E-state index contributed by atoms with van der Waals surface area (Å²) >= 11 is 0. The van der Waals surface area contributed by atoms with Crippen LogP contribution < -0.4 is 15.0 Å². The number of benzene rings is 1. The summed E-state index contributed by atoms with van der Waals surface area (Å²) in [5, 5.41) is 3.39. The lowest BCUT2D eigenvalue weighted by Gasteiger charge is -2.29. The zero-order valence-corrected chi connectivity index (χ0v) is 13.6. The minimum atomic E-state index is 0. The third kappa shape index (κ3) is 5.70. The summed E-state index contributed by atoms with van der Waals surface area (Å²) in [6.45, 7) is 8.90. The molecule has 0 bridgehead atoms. The molecule has 1 N–H and O–H groups in total. The van der Waals surface area contributed by atoms with E-state index in [-0.39, 0.29) is 7.43 Å². The van der Waals surface area contributed by atoms with Crippen molar-refractivity contribution < 1.29 is 4.74 Å². The monoisotopic (exact) mass is 319 g/mol. The SMILES string of the molecule is C.c1cc(N2CCNCC2)ccc1OCCCN1CCCCC1. The van der Waals surface area contributed by atoms with Crippen LogP contribution in [0.1, 0.15) is 33.1 Å². The van der Waals surface area contributed by atoms with Crippen molar-refractivity contribution in [2.45, 2.75) is 33.1 Å². The Balaban J connectivity index is 0.00000192. The van der Waals surface area contributed by atoms with Crippen molar-refractivity contribution >= 4 is 5.69 Å². The van der Waals surface area contributed by atoms with Gasteiger partial charge in [0.15, 0.2) is 0 Å². The average Bonchev–Trinajstić information content (AvgIpc) is 2.61. The maximum atomic E-state index is 5.88. The lowest BCUT2D eigenvalue weighted by molar-refractivity contribution is 0.205. The molecular weight excluding hydrogens is 286 g/mol. The predicted molar refractivity (Wildman–Crippen MR) is 98.7 cm³/mol. The standard InChI is InChI=1S/C18H29N3O.CH4/c1-2-11-20(12-3-1)13-4-16-22-18-7-5-17(6-8-18)21-14-9-19-10-15-21;/h5-8,19H,1-4,9-16H2;1H4. The molecule has 3 rings (SSSR count). The Hall–Kier alpha value is -1.26. The first-order valence-electron chi connectivity index (χ1n) is 8.83. The first-order chi connectivity index (χ1) is 10.9. The van der Waals surface area contributed by atoms with Gasteiger partial charge in [-0.2, -0.15) is 0 Å². The fraction of sp³-hybridized carbons (Fsp3) is 0.684. The van der Waals surface area contributed by atoms with Crippen LogP contribution in [0.2, 0.25) is 0 Å². The van der Waals surface area contributed by atoms with Crippen LogP contribution in [0.15, 0.2) is 24.3 Å². The molecule has 130 valence electrons. The van der Waals surface area contributed by atoms with E-state index in [1.54, 1.807) is 0 Å². The largest absolute Gasteiger partial charge is 0.494 e. The number of nitrogens with zero attached hydrogens (tertiary/aromatic N) is 2. The van der Waals surface area contributed by atoms with Crippen LogP contribution in [-0.2, 0) is 0 Å². The topological polar surface area (TPSA) is 27.7 Å². The van der Waals surface area contributed by atoms with Gasteiger partial charge >= 0.3 is 0 Å². The van der Waals surface area contributed by atoms with Gasteiger partial charge < -0.3 is 19.9 Å². The Morgan fingerprint density at radius 1 is 0.913 bits per heavy atom. The zero-order chi connectivity index (χ0) is 15.0. The van der Waals surface area contributed by atoms with E-state index in [0.717, 1.165) is 45.0 Å². The molecular formula is C19H33N3O. The lowest BCUT2D eigenvalue weighted by Crippen LogP contribution is -2.43. The van der Waals surface area contributed by atoms with Gasteiger partial charge in [-0.1, -0.05) is 13.8 Å². The number of hydrogen-bond acceptors (Lipinski definition) is 4. The van der Waals surface area contributed by atoms with Gasteiger partial charge in [-0.05, 0) is 56.6 Å². The Bertz CT molecular complexity index is 423. The molecule has 0 aromatic heterocycles. The summed E-state index contributed by atoms with van der Waals surface area (Å²) < 4.78 is 5.88. The van der Waals surface area contributed by atoms with Crippen LogP contribution in [0, 0.1) is 0 Å². The van der Waals surface area contributed by atoms with Crippen molar-refractivity contribution in [1.82, 2.24) is 10.2 Å². The van der Waals surface area contributed by atoms with Crippen LogP contribution in [0.25, 0.3) is 0 Å². The minimum Gasteiger partial charge on any atom is -0.494 e. The Kier molecular flexibility index (Phi) is 7.69. The highest BCUT2D eigenvalue weighted by atomic mass is 16.5. The molecule has 0 atom stereocenters. The molecule has 2 heterocycles. The fourth-order valence-corrected chi connectivity index (χ4v) is 3.34. The lowest BCUT2D eigenvalue weighted by atomic mass is 10.1. The number of nitrogens with one attached hydrogen (secondary N) is 1. The predicted octanol–water partition coefficient (Wildman–Crippen LogP) is 2.99. The van der Waals surface area contributed by atoms with Gasteiger partial charge in [-0.3, -0.25) is 0 Å². The first kappa shape index (κ1) is 18.1. The van der Waals surface area contributed by atoms with Gasteiger partial charge in [0.2, 0.25) is 0 Å². The van der Waals surface area contributed by atoms with Crippen molar-refractivity contribution in [3.63, 3.8) is 0 Å². The van der Waals surface area contributed by atoms with E-state index in [0.29, 0.717) is 0 Å². The Labute approximate surface area is 141 Å². The molecule has 4 nitrogen and oxygen atoms in total. The number of piperidine rings is 1. The maximum absolute atomic E-state index is 5.88. The molecule has 0 saturated carbocycles. The number of rotatable bonds is 6. The van der Waals surface area contributed by atoms with Gasteiger partial charge in [0.25, 0.3) is 0 Å². The highest BCUT2D eigenvalue weighted by molar-refractivity contribution is 5.49. The van der Waals surface area contributed by atoms with Crippen LogP contribution in [-0.4, -0.2) is 57.3 Å². The summed E-state index contributed by atoms with van der Waals surface area (Å²) in [5.74, 6) is 0.998. The second-order valence-electron chi connectivity index (χ2n) is 6.34. The molecule has 0 spiro atoms. The molecule has 4 heteroatoms. The fourth-order valence-electron chi connectivity index (χ4n) is 3.34. The smallest absolute Gasteiger partial charge is 0.119 e. The van der Waals surface area contributed by atoms with E-state index in [4.69, 9.17) is 4.74 Å². The van der Waals surface area contributed by atoms with E-state index in [1.807, 2.05) is 0 Å². The molecule has 0 amide bonds. The van der Waals surface area contributed by atoms with Crippen molar-refractivity contribution in [2.24, 2.45) is 0 Å². The van der Waals surface area contributed by atoms with Crippen LogP contribution in [0.3, 0.4) is 0 Å². The minimum absolute atomic E-state index is 0. The van der Waals surface area contributed by atoms with Crippen molar-refractivity contribution in [3.8, 4) is 5.75 Å². The second-order valence-corrected chi connectivity index (χ2v) is 6.34.